The normalized spacial score (nSPS) is 10.0. The van der Waals surface area contributed by atoms with Crippen LogP contribution in [0.1, 0.15) is 11.3 Å². The minimum atomic E-state index is 0.236. The first-order valence-electron chi connectivity index (χ1n) is 5.63. The third-order valence-electron chi connectivity index (χ3n) is 2.57. The number of hydrogen-bond acceptors (Lipinski definition) is 5. The Bertz CT molecular complexity index is 598. The van der Waals surface area contributed by atoms with Gasteiger partial charge in [0, 0.05) is 5.69 Å². The number of nitrogens with zero attached hydrogens (tertiary/aromatic N) is 2. The van der Waals surface area contributed by atoms with Gasteiger partial charge < -0.3 is 15.8 Å². The van der Waals surface area contributed by atoms with Crippen LogP contribution in [0.25, 0.3) is 0 Å². The number of anilines is 2. The first-order valence-corrected chi connectivity index (χ1v) is 6.04. The van der Waals surface area contributed by atoms with Crippen molar-refractivity contribution in [3.63, 3.8) is 0 Å². The molecule has 0 saturated heterocycles. The molecule has 0 aliphatic carbocycles. The predicted molar refractivity (Wildman–Crippen MR) is 78.9 cm³/mol. The number of benzene rings is 1. The first-order chi connectivity index (χ1) is 9.10. The van der Waals surface area contributed by atoms with E-state index in [1.54, 1.807) is 19.5 Å². The second-order valence-corrected chi connectivity index (χ2v) is 4.40. The summed E-state index contributed by atoms with van der Waals surface area (Å²) in [5, 5.41) is 3.15. The number of nitrogens with one attached hydrogen (secondary N) is 1. The Morgan fingerprint density at radius 2 is 2.11 bits per heavy atom. The molecule has 0 saturated carbocycles. The van der Waals surface area contributed by atoms with Crippen LogP contribution in [0.5, 0.6) is 5.75 Å². The maximum atomic E-state index is 5.46. The number of hydrogen-bond donors (Lipinski definition) is 2. The third kappa shape index (κ3) is 3.17. The number of methoxy groups -OCH3 is 1. The molecule has 19 heavy (non-hydrogen) atoms. The van der Waals surface area contributed by atoms with E-state index in [1.807, 2.05) is 25.1 Å². The Labute approximate surface area is 116 Å². The average molecular weight is 274 g/mol. The van der Waals surface area contributed by atoms with Crippen molar-refractivity contribution in [1.29, 1.82) is 0 Å². The van der Waals surface area contributed by atoms with Crippen molar-refractivity contribution in [2.75, 3.05) is 12.4 Å². The maximum Gasteiger partial charge on any atom is 0.148 e. The van der Waals surface area contributed by atoms with Crippen molar-refractivity contribution in [3.05, 3.63) is 41.9 Å². The summed E-state index contributed by atoms with van der Waals surface area (Å²) in [5.41, 5.74) is 7.92. The molecule has 5 nitrogen and oxygen atoms in total. The Balaban J connectivity index is 2.16. The Morgan fingerprint density at radius 1 is 1.32 bits per heavy atom. The van der Waals surface area contributed by atoms with Gasteiger partial charge in [-0.1, -0.05) is 12.2 Å². The molecular formula is C13H14N4OS. The van der Waals surface area contributed by atoms with Crippen LogP contribution >= 0.6 is 12.2 Å². The number of rotatable bonds is 4. The summed E-state index contributed by atoms with van der Waals surface area (Å²) in [7, 11) is 1.65. The number of thiocarbonyl (C=S) groups is 1. The van der Waals surface area contributed by atoms with Crippen molar-refractivity contribution in [3.8, 4) is 5.75 Å². The second kappa shape index (κ2) is 5.62. The molecular weight excluding hydrogens is 260 g/mol. The van der Waals surface area contributed by atoms with E-state index in [4.69, 9.17) is 22.7 Å². The van der Waals surface area contributed by atoms with Crippen molar-refractivity contribution in [1.82, 2.24) is 9.97 Å². The van der Waals surface area contributed by atoms with Crippen LogP contribution < -0.4 is 15.8 Å². The summed E-state index contributed by atoms with van der Waals surface area (Å²) in [6, 6.07) is 5.78. The molecule has 2 rings (SSSR count). The fraction of sp³-hybridized carbons (Fsp3) is 0.154. The molecule has 0 fully saturated rings. The van der Waals surface area contributed by atoms with Gasteiger partial charge in [0.1, 0.15) is 22.2 Å². The lowest BCUT2D eigenvalue weighted by atomic mass is 10.2. The smallest absolute Gasteiger partial charge is 0.148 e. The topological polar surface area (TPSA) is 73.1 Å². The molecule has 6 heteroatoms. The highest BCUT2D eigenvalue weighted by Gasteiger charge is 2.03. The van der Waals surface area contributed by atoms with Crippen LogP contribution in [-0.2, 0) is 0 Å². The summed E-state index contributed by atoms with van der Waals surface area (Å²) in [6.45, 7) is 1.98. The molecule has 0 atom stereocenters. The van der Waals surface area contributed by atoms with E-state index in [-0.39, 0.29) is 4.99 Å². The van der Waals surface area contributed by atoms with E-state index in [0.29, 0.717) is 11.5 Å². The van der Waals surface area contributed by atoms with Crippen molar-refractivity contribution in [2.45, 2.75) is 6.92 Å². The molecule has 0 aliphatic heterocycles. The van der Waals surface area contributed by atoms with Crippen LogP contribution in [0.4, 0.5) is 11.5 Å². The third-order valence-corrected chi connectivity index (χ3v) is 2.78. The lowest BCUT2D eigenvalue weighted by Crippen LogP contribution is -2.12. The molecule has 1 heterocycles. The van der Waals surface area contributed by atoms with E-state index >= 15 is 0 Å². The molecule has 0 aliphatic rings. The number of aryl methyl sites for hydroxylation is 1. The highest BCUT2D eigenvalue weighted by atomic mass is 32.1. The zero-order valence-electron chi connectivity index (χ0n) is 10.7. The number of nitrogens with two attached hydrogens (primary N) is 1. The molecule has 1 aromatic carbocycles. The lowest BCUT2D eigenvalue weighted by Gasteiger charge is -2.09. The van der Waals surface area contributed by atoms with Crippen LogP contribution in [0.15, 0.2) is 30.6 Å². The van der Waals surface area contributed by atoms with Crippen molar-refractivity contribution < 1.29 is 4.74 Å². The van der Waals surface area contributed by atoms with Gasteiger partial charge in [0.2, 0.25) is 0 Å². The lowest BCUT2D eigenvalue weighted by molar-refractivity contribution is 0.412. The zero-order chi connectivity index (χ0) is 13.8. The molecule has 98 valence electrons. The predicted octanol–water partition coefficient (Wildman–Crippen LogP) is 2.17. The van der Waals surface area contributed by atoms with Gasteiger partial charge in [0.15, 0.2) is 0 Å². The van der Waals surface area contributed by atoms with Crippen LogP contribution in [0, 0.1) is 6.92 Å². The van der Waals surface area contributed by atoms with Gasteiger partial charge in [-0.05, 0) is 30.7 Å². The molecule has 0 spiro atoms. The highest BCUT2D eigenvalue weighted by molar-refractivity contribution is 7.80. The monoisotopic (exact) mass is 274 g/mol. The molecule has 0 unspecified atom stereocenters. The maximum absolute atomic E-state index is 5.46. The standard InChI is InChI=1S/C13H14N4OS/c1-8-5-9(3-4-11(8)18-2)17-12-7-15-10(6-16-12)13(14)19/h3-7H,1-2H3,(H2,14,19)(H,16,17). The van der Waals surface area contributed by atoms with Crippen LogP contribution in [-0.4, -0.2) is 22.1 Å². The Kier molecular flexibility index (Phi) is 3.91. The molecule has 1 aromatic heterocycles. The fourth-order valence-corrected chi connectivity index (χ4v) is 1.73. The highest BCUT2D eigenvalue weighted by Crippen LogP contribution is 2.23. The van der Waals surface area contributed by atoms with E-state index in [0.717, 1.165) is 17.0 Å². The SMILES string of the molecule is COc1ccc(Nc2cnc(C(N)=S)cn2)cc1C. The number of aromatic nitrogens is 2. The Hall–Kier alpha value is -2.21. The van der Waals surface area contributed by atoms with Crippen LogP contribution in [0.2, 0.25) is 0 Å². The average Bonchev–Trinajstić information content (AvgIpc) is 2.39. The van der Waals surface area contributed by atoms with Gasteiger partial charge in [-0.25, -0.2) is 9.97 Å². The Morgan fingerprint density at radius 3 is 2.63 bits per heavy atom. The summed E-state index contributed by atoms with van der Waals surface area (Å²) in [5.74, 6) is 1.48. The molecule has 0 amide bonds. The van der Waals surface area contributed by atoms with Crippen molar-refractivity contribution in [2.24, 2.45) is 5.73 Å². The van der Waals surface area contributed by atoms with E-state index in [1.165, 1.54) is 0 Å². The minimum absolute atomic E-state index is 0.236. The van der Waals surface area contributed by atoms with E-state index in [2.05, 4.69) is 15.3 Å². The molecule has 0 bridgehead atoms. The van der Waals surface area contributed by atoms with Gasteiger partial charge in [-0.2, -0.15) is 0 Å². The number of ether oxygens (including phenoxy) is 1. The van der Waals surface area contributed by atoms with E-state index in [9.17, 15) is 0 Å². The fourth-order valence-electron chi connectivity index (χ4n) is 1.62. The molecule has 0 radical (unpaired) electrons. The van der Waals surface area contributed by atoms with Gasteiger partial charge >= 0.3 is 0 Å². The second-order valence-electron chi connectivity index (χ2n) is 3.96. The quantitative estimate of drug-likeness (QED) is 0.832. The van der Waals surface area contributed by atoms with Gasteiger partial charge in [0.25, 0.3) is 0 Å². The van der Waals surface area contributed by atoms with Crippen LogP contribution in [0.3, 0.4) is 0 Å². The summed E-state index contributed by atoms with van der Waals surface area (Å²) in [6.07, 6.45) is 3.13. The summed E-state index contributed by atoms with van der Waals surface area (Å²) in [4.78, 5) is 8.55. The molecule has 2 aromatic rings. The van der Waals surface area contributed by atoms with E-state index < -0.39 is 0 Å². The summed E-state index contributed by atoms with van der Waals surface area (Å²) < 4.78 is 5.21. The van der Waals surface area contributed by atoms with Gasteiger partial charge in [0.05, 0.1) is 19.5 Å². The zero-order valence-corrected chi connectivity index (χ0v) is 11.5. The van der Waals surface area contributed by atoms with Gasteiger partial charge in [-0.15, -0.1) is 0 Å². The minimum Gasteiger partial charge on any atom is -0.496 e. The molecule has 3 N–H and O–H groups in total. The van der Waals surface area contributed by atoms with Crippen molar-refractivity contribution >= 4 is 28.7 Å². The van der Waals surface area contributed by atoms with Gasteiger partial charge in [-0.3, -0.25) is 0 Å². The largest absolute Gasteiger partial charge is 0.496 e. The summed E-state index contributed by atoms with van der Waals surface area (Å²) >= 11 is 4.82. The first kappa shape index (κ1) is 13.2.